The summed E-state index contributed by atoms with van der Waals surface area (Å²) in [5.74, 6) is 0.0941. The lowest BCUT2D eigenvalue weighted by atomic mass is 10.2. The lowest BCUT2D eigenvalue weighted by molar-refractivity contribution is 0.555. The fourth-order valence-electron chi connectivity index (χ4n) is 2.10. The van der Waals surface area contributed by atoms with Gasteiger partial charge in [-0.1, -0.05) is 26.0 Å². The van der Waals surface area contributed by atoms with E-state index in [0.29, 0.717) is 5.69 Å². The SMILES string of the molecule is CC(C)CNS(=O)(=O)c1ccccc1S(=O)(=O)N(C)c1cnn(C)c1. The van der Waals surface area contributed by atoms with Crippen LogP contribution in [0.15, 0.2) is 46.5 Å². The summed E-state index contributed by atoms with van der Waals surface area (Å²) < 4.78 is 55.9. The monoisotopic (exact) mass is 386 g/mol. The molecule has 0 unspecified atom stereocenters. The second kappa shape index (κ2) is 7.14. The van der Waals surface area contributed by atoms with E-state index in [4.69, 9.17) is 0 Å². The summed E-state index contributed by atoms with van der Waals surface area (Å²) in [6.07, 6.45) is 2.93. The van der Waals surface area contributed by atoms with Crippen LogP contribution < -0.4 is 9.03 Å². The van der Waals surface area contributed by atoms with Gasteiger partial charge in [0.15, 0.2) is 0 Å². The van der Waals surface area contributed by atoms with Gasteiger partial charge in [0, 0.05) is 26.8 Å². The first-order chi connectivity index (χ1) is 11.6. The molecule has 0 radical (unpaired) electrons. The average Bonchev–Trinajstić information content (AvgIpc) is 2.98. The molecule has 8 nitrogen and oxygen atoms in total. The Labute approximate surface area is 148 Å². The van der Waals surface area contributed by atoms with Gasteiger partial charge in [0.05, 0.1) is 11.9 Å². The molecule has 0 fully saturated rings. The van der Waals surface area contributed by atoms with Crippen LogP contribution in [-0.4, -0.2) is 40.2 Å². The van der Waals surface area contributed by atoms with Gasteiger partial charge in [-0.25, -0.2) is 21.6 Å². The standard InChI is InChI=1S/C15H22N4O4S2/c1-12(2)9-17-24(20,21)14-7-5-6-8-15(14)25(22,23)19(4)13-10-16-18(3)11-13/h5-8,10-12,17H,9H2,1-4H3. The Hall–Kier alpha value is -1.91. The highest BCUT2D eigenvalue weighted by Crippen LogP contribution is 2.26. The second-order valence-electron chi connectivity index (χ2n) is 6.04. The van der Waals surface area contributed by atoms with Crippen molar-refractivity contribution in [1.82, 2.24) is 14.5 Å². The van der Waals surface area contributed by atoms with Crippen molar-refractivity contribution in [3.8, 4) is 0 Å². The first-order valence-corrected chi connectivity index (χ1v) is 10.5. The molecule has 0 spiro atoms. The van der Waals surface area contributed by atoms with Gasteiger partial charge < -0.3 is 0 Å². The molecular formula is C15H22N4O4S2. The number of hydrogen-bond donors (Lipinski definition) is 1. The Morgan fingerprint density at radius 2 is 1.76 bits per heavy atom. The zero-order chi connectivity index (χ0) is 18.8. The maximum Gasteiger partial charge on any atom is 0.265 e. The van der Waals surface area contributed by atoms with Crippen LogP contribution in [0.3, 0.4) is 0 Å². The van der Waals surface area contributed by atoms with Crippen molar-refractivity contribution in [2.75, 3.05) is 17.9 Å². The molecule has 138 valence electrons. The lowest BCUT2D eigenvalue weighted by Crippen LogP contribution is -2.32. The third-order valence-corrected chi connectivity index (χ3v) is 6.97. The van der Waals surface area contributed by atoms with Crippen LogP contribution in [-0.2, 0) is 27.1 Å². The third kappa shape index (κ3) is 4.20. The van der Waals surface area contributed by atoms with Crippen molar-refractivity contribution in [2.24, 2.45) is 13.0 Å². The fraction of sp³-hybridized carbons (Fsp3) is 0.400. The number of hydrogen-bond acceptors (Lipinski definition) is 5. The van der Waals surface area contributed by atoms with Gasteiger partial charge in [0.1, 0.15) is 9.79 Å². The number of sulfonamides is 2. The van der Waals surface area contributed by atoms with Crippen molar-refractivity contribution in [1.29, 1.82) is 0 Å². The predicted molar refractivity (Wildman–Crippen MR) is 95.3 cm³/mol. The van der Waals surface area contributed by atoms with E-state index in [9.17, 15) is 16.8 Å². The normalized spacial score (nSPS) is 12.5. The average molecular weight is 386 g/mol. The van der Waals surface area contributed by atoms with Crippen LogP contribution in [0.2, 0.25) is 0 Å². The number of aromatic nitrogens is 2. The molecule has 1 N–H and O–H groups in total. The molecule has 1 aromatic carbocycles. The molecule has 2 rings (SSSR count). The van der Waals surface area contributed by atoms with Gasteiger partial charge in [0.2, 0.25) is 10.0 Å². The molecule has 0 saturated carbocycles. The summed E-state index contributed by atoms with van der Waals surface area (Å²) in [6.45, 7) is 3.94. The van der Waals surface area contributed by atoms with Crippen LogP contribution >= 0.6 is 0 Å². The first kappa shape index (κ1) is 19.4. The van der Waals surface area contributed by atoms with Crippen molar-refractivity contribution in [3.63, 3.8) is 0 Å². The van der Waals surface area contributed by atoms with E-state index in [2.05, 4.69) is 9.82 Å². The van der Waals surface area contributed by atoms with Gasteiger partial charge in [-0.3, -0.25) is 8.99 Å². The number of aryl methyl sites for hydroxylation is 1. The number of nitrogens with one attached hydrogen (secondary N) is 1. The molecule has 0 aliphatic heterocycles. The molecule has 10 heteroatoms. The highest BCUT2D eigenvalue weighted by Gasteiger charge is 2.30. The Morgan fingerprint density at radius 3 is 2.28 bits per heavy atom. The van der Waals surface area contributed by atoms with E-state index in [1.165, 1.54) is 48.4 Å². The molecule has 1 heterocycles. The van der Waals surface area contributed by atoms with Gasteiger partial charge in [-0.05, 0) is 18.1 Å². The number of benzene rings is 1. The number of anilines is 1. The maximum atomic E-state index is 12.9. The largest absolute Gasteiger partial charge is 0.274 e. The van der Waals surface area contributed by atoms with Gasteiger partial charge >= 0.3 is 0 Å². The van der Waals surface area contributed by atoms with E-state index < -0.39 is 20.0 Å². The van der Waals surface area contributed by atoms with Gasteiger partial charge in [-0.2, -0.15) is 5.10 Å². The van der Waals surface area contributed by atoms with Gasteiger partial charge in [-0.15, -0.1) is 0 Å². The Kier molecular flexibility index (Phi) is 5.55. The Morgan fingerprint density at radius 1 is 1.16 bits per heavy atom. The second-order valence-corrected chi connectivity index (χ2v) is 9.71. The summed E-state index contributed by atoms with van der Waals surface area (Å²) in [6, 6.07) is 5.55. The molecule has 0 amide bonds. The van der Waals surface area contributed by atoms with E-state index in [-0.39, 0.29) is 22.3 Å². The zero-order valence-corrected chi connectivity index (χ0v) is 16.2. The quantitative estimate of drug-likeness (QED) is 0.770. The van der Waals surface area contributed by atoms with Crippen molar-refractivity contribution in [2.45, 2.75) is 23.6 Å². The molecule has 0 aliphatic carbocycles. The van der Waals surface area contributed by atoms with E-state index >= 15 is 0 Å². The summed E-state index contributed by atoms with van der Waals surface area (Å²) >= 11 is 0. The first-order valence-electron chi connectivity index (χ1n) is 7.62. The number of nitrogens with zero attached hydrogens (tertiary/aromatic N) is 3. The molecule has 1 aromatic heterocycles. The zero-order valence-electron chi connectivity index (χ0n) is 14.5. The molecule has 25 heavy (non-hydrogen) atoms. The van der Waals surface area contributed by atoms with Crippen molar-refractivity contribution >= 4 is 25.7 Å². The van der Waals surface area contributed by atoms with Crippen LogP contribution in [0.5, 0.6) is 0 Å². The molecular weight excluding hydrogens is 364 g/mol. The minimum Gasteiger partial charge on any atom is -0.274 e. The predicted octanol–water partition coefficient (Wildman–Crippen LogP) is 1.18. The topological polar surface area (TPSA) is 101 Å². The molecule has 0 aliphatic rings. The maximum absolute atomic E-state index is 12.9. The van der Waals surface area contributed by atoms with E-state index in [1.807, 2.05) is 13.8 Å². The summed E-state index contributed by atoms with van der Waals surface area (Å²) in [5.41, 5.74) is 0.338. The summed E-state index contributed by atoms with van der Waals surface area (Å²) in [5, 5.41) is 3.94. The molecule has 0 atom stereocenters. The number of rotatable bonds is 7. The summed E-state index contributed by atoms with van der Waals surface area (Å²) in [4.78, 5) is -0.552. The van der Waals surface area contributed by atoms with Crippen LogP contribution in [0, 0.1) is 5.92 Å². The van der Waals surface area contributed by atoms with E-state index in [0.717, 1.165) is 4.31 Å². The van der Waals surface area contributed by atoms with Crippen LogP contribution in [0.1, 0.15) is 13.8 Å². The Bertz CT molecular complexity index is 949. The minimum atomic E-state index is -4.07. The molecule has 2 aromatic rings. The van der Waals surface area contributed by atoms with Gasteiger partial charge in [0.25, 0.3) is 10.0 Å². The van der Waals surface area contributed by atoms with E-state index in [1.54, 1.807) is 7.05 Å². The third-order valence-electron chi connectivity index (χ3n) is 3.51. The summed E-state index contributed by atoms with van der Waals surface area (Å²) in [7, 11) is -5.00. The lowest BCUT2D eigenvalue weighted by Gasteiger charge is -2.20. The van der Waals surface area contributed by atoms with Crippen LogP contribution in [0.4, 0.5) is 5.69 Å². The smallest absolute Gasteiger partial charge is 0.265 e. The van der Waals surface area contributed by atoms with Crippen LogP contribution in [0.25, 0.3) is 0 Å². The Balaban J connectivity index is 2.49. The molecule has 0 bridgehead atoms. The minimum absolute atomic E-state index is 0.0941. The highest BCUT2D eigenvalue weighted by molar-refractivity contribution is 7.94. The van der Waals surface area contributed by atoms with Crippen molar-refractivity contribution < 1.29 is 16.8 Å². The van der Waals surface area contributed by atoms with Crippen molar-refractivity contribution in [3.05, 3.63) is 36.7 Å². The molecule has 0 saturated heterocycles. The highest BCUT2D eigenvalue weighted by atomic mass is 32.2. The fourth-order valence-corrected chi connectivity index (χ4v) is 5.28.